The first-order chi connectivity index (χ1) is 35.5. The Hall–Kier alpha value is -1.92. The molecule has 0 radical (unpaired) electrons. The first-order valence-corrected chi connectivity index (χ1v) is 32.2. The number of aliphatic hydroxyl groups excluding tert-OH is 2. The lowest BCUT2D eigenvalue weighted by Gasteiger charge is -2.22. The van der Waals surface area contributed by atoms with Crippen molar-refractivity contribution in [1.82, 2.24) is 5.32 Å². The SMILES string of the molecule is CCCCCC/C=C\C/C=C\CCCCCCCC(=O)OCCCCCCCCCCCCCC/C=C\CCCCCCCCCCC(=O)NC(CO)C(O)CCCCCCCCCCCCCCCCC. The molecular formula is C66H125NO5. The molecule has 3 N–H and O–H groups in total. The minimum Gasteiger partial charge on any atom is -0.466 e. The van der Waals surface area contributed by atoms with E-state index in [1.807, 2.05) is 0 Å². The molecule has 424 valence electrons. The van der Waals surface area contributed by atoms with E-state index < -0.39 is 12.1 Å². The molecule has 72 heavy (non-hydrogen) atoms. The molecule has 6 nitrogen and oxygen atoms in total. The molecule has 0 aromatic heterocycles. The fraction of sp³-hybridized carbons (Fsp3) is 0.879. The summed E-state index contributed by atoms with van der Waals surface area (Å²) in [5.74, 6) is -0.0388. The summed E-state index contributed by atoms with van der Waals surface area (Å²) in [7, 11) is 0. The van der Waals surface area contributed by atoms with Crippen LogP contribution in [0, 0.1) is 0 Å². The predicted molar refractivity (Wildman–Crippen MR) is 315 cm³/mol. The Bertz CT molecular complexity index is 1170. The molecule has 0 saturated heterocycles. The molecule has 0 spiro atoms. The van der Waals surface area contributed by atoms with Crippen molar-refractivity contribution in [1.29, 1.82) is 0 Å². The molecule has 0 heterocycles. The summed E-state index contributed by atoms with van der Waals surface area (Å²) in [5, 5.41) is 23.3. The van der Waals surface area contributed by atoms with Crippen LogP contribution in [0.5, 0.6) is 0 Å². The second kappa shape index (κ2) is 61.6. The van der Waals surface area contributed by atoms with Gasteiger partial charge in [-0.05, 0) is 83.5 Å². The lowest BCUT2D eigenvalue weighted by molar-refractivity contribution is -0.143. The van der Waals surface area contributed by atoms with Crippen molar-refractivity contribution < 1.29 is 24.5 Å². The van der Waals surface area contributed by atoms with E-state index in [0.29, 0.717) is 25.9 Å². The van der Waals surface area contributed by atoms with E-state index in [9.17, 15) is 19.8 Å². The number of aliphatic hydroxyl groups is 2. The highest BCUT2D eigenvalue weighted by atomic mass is 16.5. The van der Waals surface area contributed by atoms with Crippen LogP contribution in [0.4, 0.5) is 0 Å². The standard InChI is InChI=1S/C66H125NO5/c1-3-5-7-9-11-13-15-17-19-32-36-40-44-48-52-56-60-66(71)72-61-57-53-49-45-41-37-33-29-27-25-23-21-20-22-24-26-28-31-35-39-43-47-51-55-59-65(70)67-63(62-68)64(69)58-54-50-46-42-38-34-30-18-16-14-12-10-8-6-4-2/h13,15,19,22,24,32,63-64,68-69H,3-12,14,16-18,20-21,23,25-31,33-62H2,1-2H3,(H,67,70)/b15-13-,24-22-,32-19-. The summed E-state index contributed by atoms with van der Waals surface area (Å²) in [6, 6.07) is -0.545. The van der Waals surface area contributed by atoms with Gasteiger partial charge in [-0.15, -0.1) is 0 Å². The number of amides is 1. The van der Waals surface area contributed by atoms with Crippen LogP contribution < -0.4 is 5.32 Å². The average Bonchev–Trinajstić information content (AvgIpc) is 3.38. The first-order valence-electron chi connectivity index (χ1n) is 32.2. The maximum Gasteiger partial charge on any atom is 0.305 e. The van der Waals surface area contributed by atoms with Gasteiger partial charge in [-0.2, -0.15) is 0 Å². The second-order valence-corrected chi connectivity index (χ2v) is 22.1. The fourth-order valence-corrected chi connectivity index (χ4v) is 9.96. The van der Waals surface area contributed by atoms with Crippen molar-refractivity contribution in [2.75, 3.05) is 13.2 Å². The third-order valence-corrected chi connectivity index (χ3v) is 14.9. The van der Waals surface area contributed by atoms with Crippen molar-refractivity contribution in [3.8, 4) is 0 Å². The second-order valence-electron chi connectivity index (χ2n) is 22.1. The number of rotatable bonds is 60. The molecule has 0 aliphatic rings. The summed E-state index contributed by atoms with van der Waals surface area (Å²) in [5.41, 5.74) is 0. The van der Waals surface area contributed by atoms with Gasteiger partial charge in [0.15, 0.2) is 0 Å². The van der Waals surface area contributed by atoms with E-state index in [4.69, 9.17) is 4.74 Å². The van der Waals surface area contributed by atoms with Crippen LogP contribution in [-0.2, 0) is 14.3 Å². The molecule has 0 aromatic rings. The van der Waals surface area contributed by atoms with E-state index in [1.54, 1.807) is 0 Å². The van der Waals surface area contributed by atoms with Crippen LogP contribution in [0.1, 0.15) is 348 Å². The Morgan fingerprint density at radius 3 is 1.08 bits per heavy atom. The number of carbonyl (C=O) groups is 2. The molecule has 2 atom stereocenters. The maximum atomic E-state index is 12.5. The van der Waals surface area contributed by atoms with Crippen LogP contribution in [-0.4, -0.2) is 47.4 Å². The van der Waals surface area contributed by atoms with Gasteiger partial charge in [0, 0.05) is 12.8 Å². The number of allylic oxidation sites excluding steroid dienone is 6. The third-order valence-electron chi connectivity index (χ3n) is 14.9. The smallest absolute Gasteiger partial charge is 0.305 e. The number of hydrogen-bond acceptors (Lipinski definition) is 5. The largest absolute Gasteiger partial charge is 0.466 e. The van der Waals surface area contributed by atoms with Gasteiger partial charge < -0.3 is 20.3 Å². The van der Waals surface area contributed by atoms with E-state index in [2.05, 4.69) is 55.6 Å². The summed E-state index contributed by atoms with van der Waals surface area (Å²) in [6.45, 7) is 4.94. The molecule has 0 aliphatic carbocycles. The zero-order valence-electron chi connectivity index (χ0n) is 48.4. The van der Waals surface area contributed by atoms with Crippen LogP contribution >= 0.6 is 0 Å². The van der Waals surface area contributed by atoms with Crippen LogP contribution in [0.2, 0.25) is 0 Å². The van der Waals surface area contributed by atoms with Gasteiger partial charge in [-0.25, -0.2) is 0 Å². The fourth-order valence-electron chi connectivity index (χ4n) is 9.96. The summed E-state index contributed by atoms with van der Waals surface area (Å²) in [4.78, 5) is 24.6. The molecule has 6 heteroatoms. The first kappa shape index (κ1) is 70.1. The summed E-state index contributed by atoms with van der Waals surface area (Å²) < 4.78 is 5.48. The number of carbonyl (C=O) groups excluding carboxylic acids is 2. The van der Waals surface area contributed by atoms with Crippen LogP contribution in [0.3, 0.4) is 0 Å². The lowest BCUT2D eigenvalue weighted by atomic mass is 10.0. The van der Waals surface area contributed by atoms with Gasteiger partial charge in [-0.1, -0.05) is 288 Å². The lowest BCUT2D eigenvalue weighted by Crippen LogP contribution is -2.45. The quantitative estimate of drug-likeness (QED) is 0.0320. The number of nitrogens with one attached hydrogen (secondary N) is 1. The van der Waals surface area contributed by atoms with Gasteiger partial charge in [0.25, 0.3) is 0 Å². The topological polar surface area (TPSA) is 95.9 Å². The molecule has 1 amide bonds. The van der Waals surface area contributed by atoms with Crippen molar-refractivity contribution >= 4 is 11.9 Å². The Balaban J connectivity index is 3.40. The average molecular weight is 1010 g/mol. The molecule has 2 unspecified atom stereocenters. The van der Waals surface area contributed by atoms with E-state index in [-0.39, 0.29) is 18.5 Å². The minimum atomic E-state index is -0.667. The van der Waals surface area contributed by atoms with Gasteiger partial charge in [0.2, 0.25) is 5.91 Å². The molecule has 0 bridgehead atoms. The van der Waals surface area contributed by atoms with Gasteiger partial charge >= 0.3 is 5.97 Å². The highest BCUT2D eigenvalue weighted by Crippen LogP contribution is 2.17. The Kier molecular flexibility index (Phi) is 60.0. The molecule has 0 rings (SSSR count). The molecule has 0 fully saturated rings. The summed E-state index contributed by atoms with van der Waals surface area (Å²) in [6.07, 6.45) is 77.3. The van der Waals surface area contributed by atoms with Gasteiger partial charge in [0.05, 0.1) is 25.4 Å². The number of ether oxygens (including phenoxy) is 1. The van der Waals surface area contributed by atoms with E-state index in [1.165, 1.54) is 263 Å². The van der Waals surface area contributed by atoms with Crippen molar-refractivity contribution in [3.05, 3.63) is 36.5 Å². The highest BCUT2D eigenvalue weighted by molar-refractivity contribution is 5.76. The Labute approximate surface area is 449 Å². The number of unbranched alkanes of at least 4 members (excludes halogenated alkanes) is 43. The monoisotopic (exact) mass is 1010 g/mol. The zero-order valence-corrected chi connectivity index (χ0v) is 48.4. The minimum absolute atomic E-state index is 0.000766. The molecule has 0 aliphatic heterocycles. The molecule has 0 saturated carbocycles. The van der Waals surface area contributed by atoms with Crippen molar-refractivity contribution in [2.24, 2.45) is 0 Å². The Morgan fingerprint density at radius 1 is 0.389 bits per heavy atom. The van der Waals surface area contributed by atoms with E-state index >= 15 is 0 Å². The third kappa shape index (κ3) is 57.4. The van der Waals surface area contributed by atoms with Crippen molar-refractivity contribution in [2.45, 2.75) is 360 Å². The number of esters is 1. The predicted octanol–water partition coefficient (Wildman–Crippen LogP) is 20.4. The van der Waals surface area contributed by atoms with Gasteiger partial charge in [-0.3, -0.25) is 9.59 Å². The maximum absolute atomic E-state index is 12.5. The normalized spacial score (nSPS) is 12.8. The number of hydrogen-bond donors (Lipinski definition) is 3. The zero-order chi connectivity index (χ0) is 52.2. The van der Waals surface area contributed by atoms with Crippen LogP contribution in [0.25, 0.3) is 0 Å². The molecular weight excluding hydrogens is 887 g/mol. The Morgan fingerprint density at radius 2 is 0.694 bits per heavy atom. The van der Waals surface area contributed by atoms with E-state index in [0.717, 1.165) is 51.4 Å². The molecule has 0 aromatic carbocycles. The highest BCUT2D eigenvalue weighted by Gasteiger charge is 2.20. The van der Waals surface area contributed by atoms with Crippen LogP contribution in [0.15, 0.2) is 36.5 Å². The van der Waals surface area contributed by atoms with Crippen molar-refractivity contribution in [3.63, 3.8) is 0 Å². The summed E-state index contributed by atoms with van der Waals surface area (Å²) >= 11 is 0. The van der Waals surface area contributed by atoms with Gasteiger partial charge in [0.1, 0.15) is 0 Å².